The van der Waals surface area contributed by atoms with Crippen LogP contribution >= 0.6 is 22.9 Å². The number of carbonyl (C=O) groups excluding carboxylic acids is 1. The lowest BCUT2D eigenvalue weighted by Gasteiger charge is -2.17. The summed E-state index contributed by atoms with van der Waals surface area (Å²) in [5.74, 6) is 1.45. The van der Waals surface area contributed by atoms with Crippen molar-refractivity contribution in [2.24, 2.45) is 0 Å². The highest BCUT2D eigenvalue weighted by Crippen LogP contribution is 2.32. The molecule has 3 rings (SSSR count). The number of nitrogens with one attached hydrogen (secondary N) is 1. The Bertz CT molecular complexity index is 689. The SMILES string of the molecule is CN(Cc1ccc(Cl)s1)C(=O)NCc1ccc2c(c1)OCO2. The van der Waals surface area contributed by atoms with Gasteiger partial charge in [0.2, 0.25) is 6.79 Å². The zero-order valence-electron chi connectivity index (χ0n) is 12.0. The van der Waals surface area contributed by atoms with Crippen LogP contribution in [0.2, 0.25) is 4.34 Å². The molecule has 22 heavy (non-hydrogen) atoms. The predicted molar refractivity (Wildman–Crippen MR) is 85.6 cm³/mol. The van der Waals surface area contributed by atoms with Crippen LogP contribution in [0.25, 0.3) is 0 Å². The van der Waals surface area contributed by atoms with E-state index in [-0.39, 0.29) is 12.8 Å². The fourth-order valence-electron chi connectivity index (χ4n) is 2.11. The molecule has 1 aromatic carbocycles. The van der Waals surface area contributed by atoms with Crippen LogP contribution < -0.4 is 14.8 Å². The monoisotopic (exact) mass is 338 g/mol. The van der Waals surface area contributed by atoms with Crippen LogP contribution in [0, 0.1) is 0 Å². The molecule has 0 atom stereocenters. The van der Waals surface area contributed by atoms with Gasteiger partial charge in [0, 0.05) is 18.5 Å². The van der Waals surface area contributed by atoms with Gasteiger partial charge in [0.15, 0.2) is 11.5 Å². The number of fused-ring (bicyclic) bond motifs is 1. The maximum Gasteiger partial charge on any atom is 0.317 e. The van der Waals surface area contributed by atoms with Crippen molar-refractivity contribution in [3.8, 4) is 11.5 Å². The van der Waals surface area contributed by atoms with Crippen molar-refractivity contribution in [3.05, 3.63) is 45.1 Å². The second-order valence-electron chi connectivity index (χ2n) is 4.91. The molecule has 7 heteroatoms. The van der Waals surface area contributed by atoms with Gasteiger partial charge in [0.1, 0.15) is 0 Å². The number of thiophene rings is 1. The number of urea groups is 1. The number of amides is 2. The Labute approximate surface area is 137 Å². The Hall–Kier alpha value is -1.92. The molecule has 0 radical (unpaired) electrons. The Morgan fingerprint density at radius 1 is 1.32 bits per heavy atom. The average Bonchev–Trinajstić information content (AvgIpc) is 3.12. The predicted octanol–water partition coefficient (Wildman–Crippen LogP) is 3.47. The highest BCUT2D eigenvalue weighted by Gasteiger charge is 2.14. The minimum absolute atomic E-state index is 0.137. The number of hydrogen-bond acceptors (Lipinski definition) is 4. The molecule has 1 aliphatic heterocycles. The van der Waals surface area contributed by atoms with Crippen molar-refractivity contribution in [2.75, 3.05) is 13.8 Å². The second kappa shape index (κ2) is 6.46. The lowest BCUT2D eigenvalue weighted by atomic mass is 10.2. The molecular formula is C15H15ClN2O3S. The van der Waals surface area contributed by atoms with Gasteiger partial charge in [-0.15, -0.1) is 11.3 Å². The summed E-state index contributed by atoms with van der Waals surface area (Å²) in [7, 11) is 1.75. The van der Waals surface area contributed by atoms with Crippen LogP contribution in [0.3, 0.4) is 0 Å². The van der Waals surface area contributed by atoms with E-state index in [1.807, 2.05) is 30.3 Å². The molecule has 0 aliphatic carbocycles. The number of rotatable bonds is 4. The summed E-state index contributed by atoms with van der Waals surface area (Å²) in [6, 6.07) is 9.26. The summed E-state index contributed by atoms with van der Waals surface area (Å²) in [6.07, 6.45) is 0. The number of halogens is 1. The van der Waals surface area contributed by atoms with E-state index in [9.17, 15) is 4.79 Å². The Morgan fingerprint density at radius 3 is 2.91 bits per heavy atom. The molecule has 1 N–H and O–H groups in total. The molecule has 0 saturated heterocycles. The third kappa shape index (κ3) is 3.45. The van der Waals surface area contributed by atoms with Crippen LogP contribution in [0.5, 0.6) is 11.5 Å². The first kappa shape index (κ1) is 15.0. The lowest BCUT2D eigenvalue weighted by molar-refractivity contribution is 0.174. The third-order valence-electron chi connectivity index (χ3n) is 3.25. The van der Waals surface area contributed by atoms with Crippen molar-refractivity contribution in [3.63, 3.8) is 0 Å². The topological polar surface area (TPSA) is 50.8 Å². The van der Waals surface area contributed by atoms with Crippen LogP contribution in [0.15, 0.2) is 30.3 Å². The van der Waals surface area contributed by atoms with Crippen molar-refractivity contribution in [2.45, 2.75) is 13.1 Å². The Balaban J connectivity index is 1.53. The molecule has 2 heterocycles. The molecule has 0 fully saturated rings. The van der Waals surface area contributed by atoms with Gasteiger partial charge in [-0.1, -0.05) is 17.7 Å². The maximum absolute atomic E-state index is 12.1. The molecule has 0 unspecified atom stereocenters. The largest absolute Gasteiger partial charge is 0.454 e. The number of ether oxygens (including phenoxy) is 2. The Morgan fingerprint density at radius 2 is 2.14 bits per heavy atom. The minimum Gasteiger partial charge on any atom is -0.454 e. The molecule has 1 aromatic heterocycles. The van der Waals surface area contributed by atoms with Crippen LogP contribution in [0.4, 0.5) is 4.79 Å². The summed E-state index contributed by atoms with van der Waals surface area (Å²) in [5, 5.41) is 2.88. The van der Waals surface area contributed by atoms with Gasteiger partial charge in [-0.3, -0.25) is 0 Å². The molecule has 1 aliphatic rings. The first-order chi connectivity index (χ1) is 10.6. The third-order valence-corrected chi connectivity index (χ3v) is 4.47. The number of benzene rings is 1. The molecule has 116 valence electrons. The van der Waals surface area contributed by atoms with E-state index in [1.165, 1.54) is 11.3 Å². The first-order valence-electron chi connectivity index (χ1n) is 6.73. The summed E-state index contributed by atoms with van der Waals surface area (Å²) < 4.78 is 11.3. The Kier molecular flexibility index (Phi) is 4.40. The van der Waals surface area contributed by atoms with E-state index in [0.717, 1.165) is 20.5 Å². The number of nitrogens with zero attached hydrogens (tertiary/aromatic N) is 1. The summed E-state index contributed by atoms with van der Waals surface area (Å²) in [5.41, 5.74) is 0.963. The fraction of sp³-hybridized carbons (Fsp3) is 0.267. The van der Waals surface area contributed by atoms with Crippen LogP contribution in [-0.4, -0.2) is 24.8 Å². The summed E-state index contributed by atoms with van der Waals surface area (Å²) >= 11 is 7.36. The first-order valence-corrected chi connectivity index (χ1v) is 7.93. The van der Waals surface area contributed by atoms with Gasteiger partial charge in [-0.2, -0.15) is 0 Å². The number of carbonyl (C=O) groups is 1. The number of hydrogen-bond donors (Lipinski definition) is 1. The quantitative estimate of drug-likeness (QED) is 0.928. The van der Waals surface area contributed by atoms with Crippen molar-refractivity contribution >= 4 is 29.0 Å². The van der Waals surface area contributed by atoms with E-state index in [1.54, 1.807) is 11.9 Å². The van der Waals surface area contributed by atoms with Gasteiger partial charge in [-0.25, -0.2) is 4.79 Å². The zero-order valence-corrected chi connectivity index (χ0v) is 13.5. The highest BCUT2D eigenvalue weighted by molar-refractivity contribution is 7.16. The zero-order chi connectivity index (χ0) is 15.5. The van der Waals surface area contributed by atoms with E-state index >= 15 is 0 Å². The molecule has 0 saturated carbocycles. The maximum atomic E-state index is 12.1. The van der Waals surface area contributed by atoms with E-state index in [2.05, 4.69) is 5.32 Å². The van der Waals surface area contributed by atoms with Crippen LogP contribution in [0.1, 0.15) is 10.4 Å². The van der Waals surface area contributed by atoms with E-state index < -0.39 is 0 Å². The van der Waals surface area contributed by atoms with Gasteiger partial charge < -0.3 is 19.7 Å². The van der Waals surface area contributed by atoms with Crippen molar-refractivity contribution in [1.82, 2.24) is 10.2 Å². The standard InChI is InChI=1S/C15H15ClN2O3S/c1-18(8-11-3-5-14(16)22-11)15(19)17-7-10-2-4-12-13(6-10)21-9-20-12/h2-6H,7-9H2,1H3,(H,17,19). The normalized spacial score (nSPS) is 12.3. The van der Waals surface area contributed by atoms with Gasteiger partial charge in [0.05, 0.1) is 10.9 Å². The second-order valence-corrected chi connectivity index (χ2v) is 6.71. The van der Waals surface area contributed by atoms with Crippen molar-refractivity contribution in [1.29, 1.82) is 0 Å². The molecule has 0 bridgehead atoms. The van der Waals surface area contributed by atoms with E-state index in [4.69, 9.17) is 21.1 Å². The van der Waals surface area contributed by atoms with Gasteiger partial charge in [0.25, 0.3) is 0 Å². The molecule has 0 spiro atoms. The average molecular weight is 339 g/mol. The molecule has 5 nitrogen and oxygen atoms in total. The fourth-order valence-corrected chi connectivity index (χ4v) is 3.25. The van der Waals surface area contributed by atoms with Gasteiger partial charge in [-0.05, 0) is 29.8 Å². The highest BCUT2D eigenvalue weighted by atomic mass is 35.5. The van der Waals surface area contributed by atoms with Crippen LogP contribution in [-0.2, 0) is 13.1 Å². The molecular weight excluding hydrogens is 324 g/mol. The molecule has 2 amide bonds. The smallest absolute Gasteiger partial charge is 0.317 e. The lowest BCUT2D eigenvalue weighted by Crippen LogP contribution is -2.36. The summed E-state index contributed by atoms with van der Waals surface area (Å²) in [4.78, 5) is 14.8. The minimum atomic E-state index is -0.137. The van der Waals surface area contributed by atoms with E-state index in [0.29, 0.717) is 18.8 Å². The van der Waals surface area contributed by atoms with Crippen molar-refractivity contribution < 1.29 is 14.3 Å². The molecule has 2 aromatic rings. The van der Waals surface area contributed by atoms with Gasteiger partial charge >= 0.3 is 6.03 Å². The summed E-state index contributed by atoms with van der Waals surface area (Å²) in [6.45, 7) is 1.21.